The third kappa shape index (κ3) is 2.36. The van der Waals surface area contributed by atoms with E-state index in [0.29, 0.717) is 29.2 Å². The van der Waals surface area contributed by atoms with Crippen molar-refractivity contribution in [3.05, 3.63) is 28.3 Å². The third-order valence-electron chi connectivity index (χ3n) is 2.99. The molecule has 0 bridgehead atoms. The maximum absolute atomic E-state index is 13.1. The summed E-state index contributed by atoms with van der Waals surface area (Å²) >= 11 is 5.90. The highest BCUT2D eigenvalue weighted by Crippen LogP contribution is 2.25. The van der Waals surface area contributed by atoms with E-state index in [1.165, 1.54) is 4.90 Å². The predicted octanol–water partition coefficient (Wildman–Crippen LogP) is 2.41. The van der Waals surface area contributed by atoms with Crippen molar-refractivity contribution in [3.8, 4) is 0 Å². The molecule has 5 heteroatoms. The Kier molecular flexibility index (Phi) is 3.24. The lowest BCUT2D eigenvalue weighted by Gasteiger charge is -2.17. The van der Waals surface area contributed by atoms with E-state index >= 15 is 0 Å². The first-order chi connectivity index (χ1) is 7.99. The monoisotopic (exact) mass is 256 g/mol. The van der Waals surface area contributed by atoms with Gasteiger partial charge in [0.2, 0.25) is 0 Å². The van der Waals surface area contributed by atoms with E-state index in [9.17, 15) is 9.18 Å². The molecule has 1 heterocycles. The molecule has 1 atom stereocenters. The third-order valence-corrected chi connectivity index (χ3v) is 3.32. The van der Waals surface area contributed by atoms with Crippen molar-refractivity contribution >= 4 is 23.2 Å². The summed E-state index contributed by atoms with van der Waals surface area (Å²) in [4.78, 5) is 13.7. The van der Waals surface area contributed by atoms with Crippen LogP contribution in [0.3, 0.4) is 0 Å². The number of halogens is 2. The summed E-state index contributed by atoms with van der Waals surface area (Å²) in [6.45, 7) is 2.42. The lowest BCUT2D eigenvalue weighted by Crippen LogP contribution is -2.29. The van der Waals surface area contributed by atoms with Crippen molar-refractivity contribution in [2.45, 2.75) is 19.5 Å². The number of anilines is 1. The van der Waals surface area contributed by atoms with Gasteiger partial charge < -0.3 is 10.6 Å². The van der Waals surface area contributed by atoms with Gasteiger partial charge in [0.15, 0.2) is 0 Å². The molecule has 1 fully saturated rings. The highest BCUT2D eigenvalue weighted by Gasteiger charge is 2.27. The minimum atomic E-state index is -0.913. The summed E-state index contributed by atoms with van der Waals surface area (Å²) in [6.07, 6.45) is -0.503. The zero-order valence-electron chi connectivity index (χ0n) is 9.54. The Morgan fingerprint density at radius 3 is 2.88 bits per heavy atom. The molecule has 0 saturated carbocycles. The molecule has 0 aromatic heterocycles. The molecule has 1 aliphatic rings. The van der Waals surface area contributed by atoms with Crippen molar-refractivity contribution < 1.29 is 9.18 Å². The van der Waals surface area contributed by atoms with Crippen LogP contribution in [0.15, 0.2) is 12.1 Å². The fourth-order valence-electron chi connectivity index (χ4n) is 2.01. The molecule has 1 saturated heterocycles. The summed E-state index contributed by atoms with van der Waals surface area (Å²) in [5, 5.41) is 0.356. The number of hydrogen-bond donors (Lipinski definition) is 1. The first-order valence-corrected chi connectivity index (χ1v) is 5.86. The number of benzene rings is 1. The van der Waals surface area contributed by atoms with Crippen LogP contribution in [-0.4, -0.2) is 30.1 Å². The second-order valence-corrected chi connectivity index (χ2v) is 4.73. The topological polar surface area (TPSA) is 46.3 Å². The summed E-state index contributed by atoms with van der Waals surface area (Å²) in [5.74, 6) is -0.176. The van der Waals surface area contributed by atoms with Crippen molar-refractivity contribution in [1.82, 2.24) is 4.90 Å². The van der Waals surface area contributed by atoms with Gasteiger partial charge in [-0.2, -0.15) is 0 Å². The van der Waals surface area contributed by atoms with Crippen molar-refractivity contribution in [2.24, 2.45) is 0 Å². The van der Waals surface area contributed by atoms with Gasteiger partial charge in [0.05, 0.1) is 17.3 Å². The van der Waals surface area contributed by atoms with E-state index < -0.39 is 6.17 Å². The molecule has 2 N–H and O–H groups in total. The normalized spacial score (nSPS) is 19.7. The maximum atomic E-state index is 13.1. The number of alkyl halides is 1. The lowest BCUT2D eigenvalue weighted by molar-refractivity contribution is 0.0782. The smallest absolute Gasteiger partial charge is 0.254 e. The van der Waals surface area contributed by atoms with Crippen molar-refractivity contribution in [1.29, 1.82) is 0 Å². The van der Waals surface area contributed by atoms with Gasteiger partial charge in [-0.3, -0.25) is 4.79 Å². The van der Waals surface area contributed by atoms with E-state index in [1.807, 2.05) is 0 Å². The number of rotatable bonds is 1. The molecule has 1 aromatic carbocycles. The van der Waals surface area contributed by atoms with Gasteiger partial charge in [-0.1, -0.05) is 11.6 Å². The van der Waals surface area contributed by atoms with Gasteiger partial charge in [-0.15, -0.1) is 0 Å². The first kappa shape index (κ1) is 12.2. The van der Waals surface area contributed by atoms with E-state index in [4.69, 9.17) is 17.3 Å². The molecule has 2 rings (SSSR count). The van der Waals surface area contributed by atoms with Crippen LogP contribution in [0.1, 0.15) is 22.3 Å². The Balaban J connectivity index is 2.28. The minimum absolute atomic E-state index is 0.167. The van der Waals surface area contributed by atoms with Crippen LogP contribution in [-0.2, 0) is 0 Å². The Morgan fingerprint density at radius 2 is 2.29 bits per heavy atom. The summed E-state index contributed by atoms with van der Waals surface area (Å²) in [7, 11) is 0. The highest BCUT2D eigenvalue weighted by atomic mass is 35.5. The van der Waals surface area contributed by atoms with Crippen LogP contribution in [0.4, 0.5) is 10.1 Å². The molecule has 1 aromatic rings. The van der Waals surface area contributed by atoms with Gasteiger partial charge in [0.1, 0.15) is 6.17 Å². The van der Waals surface area contributed by atoms with Crippen LogP contribution in [0.2, 0.25) is 5.02 Å². The molecule has 0 spiro atoms. The van der Waals surface area contributed by atoms with E-state index in [2.05, 4.69) is 0 Å². The highest BCUT2D eigenvalue weighted by molar-refractivity contribution is 6.33. The predicted molar refractivity (Wildman–Crippen MR) is 66.0 cm³/mol. The minimum Gasteiger partial charge on any atom is -0.398 e. The van der Waals surface area contributed by atoms with Gasteiger partial charge in [-0.25, -0.2) is 4.39 Å². The average Bonchev–Trinajstić information content (AvgIpc) is 2.69. The van der Waals surface area contributed by atoms with Gasteiger partial charge in [0.25, 0.3) is 5.91 Å². The van der Waals surface area contributed by atoms with Crippen LogP contribution in [0.5, 0.6) is 0 Å². The number of hydrogen-bond acceptors (Lipinski definition) is 2. The van der Waals surface area contributed by atoms with E-state index in [0.717, 1.165) is 5.56 Å². The van der Waals surface area contributed by atoms with Crippen LogP contribution < -0.4 is 5.73 Å². The SMILES string of the molecule is Cc1cc(N)c(Cl)cc1C(=O)N1CC[C@H](F)C1. The standard InChI is InChI=1S/C12H14ClFN2O/c1-7-4-11(15)10(13)5-9(7)12(17)16-3-2-8(14)6-16/h4-5,8H,2-3,6,15H2,1H3/t8-/m0/s1. The lowest BCUT2D eigenvalue weighted by atomic mass is 10.1. The maximum Gasteiger partial charge on any atom is 0.254 e. The Hall–Kier alpha value is -1.29. The molecule has 92 valence electrons. The largest absolute Gasteiger partial charge is 0.398 e. The van der Waals surface area contributed by atoms with Crippen molar-refractivity contribution in [3.63, 3.8) is 0 Å². The molecule has 1 amide bonds. The number of amides is 1. The summed E-state index contributed by atoms with van der Waals surface area (Å²) < 4.78 is 13.1. The number of nitrogens with zero attached hydrogens (tertiary/aromatic N) is 1. The Bertz CT molecular complexity index is 464. The number of nitrogens with two attached hydrogens (primary N) is 1. The molecule has 0 radical (unpaired) electrons. The fraction of sp³-hybridized carbons (Fsp3) is 0.417. The van der Waals surface area contributed by atoms with E-state index in [1.54, 1.807) is 19.1 Å². The van der Waals surface area contributed by atoms with Gasteiger partial charge in [0, 0.05) is 12.1 Å². The van der Waals surface area contributed by atoms with Crippen LogP contribution in [0, 0.1) is 6.92 Å². The van der Waals surface area contributed by atoms with Crippen molar-refractivity contribution in [2.75, 3.05) is 18.8 Å². The zero-order chi connectivity index (χ0) is 12.6. The summed E-state index contributed by atoms with van der Waals surface area (Å²) in [5.41, 5.74) is 7.36. The molecule has 3 nitrogen and oxygen atoms in total. The molecule has 17 heavy (non-hydrogen) atoms. The Labute approximate surface area is 104 Å². The number of likely N-dealkylation sites (tertiary alicyclic amines) is 1. The number of carbonyl (C=O) groups excluding carboxylic acids is 1. The summed E-state index contributed by atoms with van der Waals surface area (Å²) in [6, 6.07) is 3.22. The number of carbonyl (C=O) groups is 1. The second kappa shape index (κ2) is 4.53. The molecule has 0 unspecified atom stereocenters. The number of nitrogen functional groups attached to an aromatic ring is 1. The first-order valence-electron chi connectivity index (χ1n) is 5.48. The molecule has 1 aliphatic heterocycles. The zero-order valence-corrected chi connectivity index (χ0v) is 10.3. The number of aryl methyl sites for hydroxylation is 1. The molecular formula is C12H14ClFN2O. The second-order valence-electron chi connectivity index (χ2n) is 4.33. The average molecular weight is 257 g/mol. The fourth-order valence-corrected chi connectivity index (χ4v) is 2.17. The Morgan fingerprint density at radius 1 is 1.59 bits per heavy atom. The molecular weight excluding hydrogens is 243 g/mol. The van der Waals surface area contributed by atoms with Crippen LogP contribution >= 0.6 is 11.6 Å². The van der Waals surface area contributed by atoms with Gasteiger partial charge >= 0.3 is 0 Å². The quantitative estimate of drug-likeness (QED) is 0.785. The van der Waals surface area contributed by atoms with Gasteiger partial charge in [-0.05, 0) is 31.0 Å². The van der Waals surface area contributed by atoms with E-state index in [-0.39, 0.29) is 12.5 Å². The van der Waals surface area contributed by atoms with Crippen LogP contribution in [0.25, 0.3) is 0 Å². The molecule has 0 aliphatic carbocycles.